The van der Waals surface area contributed by atoms with Gasteiger partial charge in [-0.2, -0.15) is 5.10 Å². The Kier molecular flexibility index (Phi) is 4.01. The Morgan fingerprint density at radius 2 is 2.16 bits per heavy atom. The van der Waals surface area contributed by atoms with E-state index in [1.807, 2.05) is 18.2 Å². The summed E-state index contributed by atoms with van der Waals surface area (Å²) in [6, 6.07) is 9.93. The van der Waals surface area contributed by atoms with Gasteiger partial charge < -0.3 is 9.67 Å². The number of nitrogens with zero attached hydrogens (tertiary/aromatic N) is 5. The molecule has 1 unspecified atom stereocenters. The van der Waals surface area contributed by atoms with Crippen molar-refractivity contribution in [1.82, 2.24) is 24.2 Å². The van der Waals surface area contributed by atoms with E-state index in [4.69, 9.17) is 10.1 Å². The lowest BCUT2D eigenvalue weighted by Gasteiger charge is -2.32. The van der Waals surface area contributed by atoms with Crippen molar-refractivity contribution < 1.29 is 9.90 Å². The third-order valence-electron chi connectivity index (χ3n) is 4.93. The maximum absolute atomic E-state index is 11.0. The number of aryl methyl sites for hydroxylation is 1. The number of benzene rings is 1. The van der Waals surface area contributed by atoms with Crippen molar-refractivity contribution in [1.29, 1.82) is 0 Å². The molecule has 4 rings (SSSR count). The predicted molar refractivity (Wildman–Crippen MR) is 93.4 cm³/mol. The zero-order valence-electron chi connectivity index (χ0n) is 14.2. The van der Waals surface area contributed by atoms with Crippen molar-refractivity contribution in [2.45, 2.75) is 25.4 Å². The minimum Gasteiger partial charge on any atom is -0.476 e. The van der Waals surface area contributed by atoms with E-state index < -0.39 is 5.97 Å². The molecule has 1 fully saturated rings. The average molecular weight is 339 g/mol. The Bertz CT molecular complexity index is 913. The van der Waals surface area contributed by atoms with Gasteiger partial charge in [0.15, 0.2) is 5.69 Å². The number of aromatic nitrogens is 4. The van der Waals surface area contributed by atoms with Crippen molar-refractivity contribution in [3.05, 3.63) is 48.0 Å². The highest BCUT2D eigenvalue weighted by Crippen LogP contribution is 2.23. The van der Waals surface area contributed by atoms with E-state index in [0.717, 1.165) is 49.3 Å². The van der Waals surface area contributed by atoms with Gasteiger partial charge in [-0.05, 0) is 37.6 Å². The van der Waals surface area contributed by atoms with Crippen LogP contribution in [0.5, 0.6) is 0 Å². The molecular weight excluding hydrogens is 318 g/mol. The Morgan fingerprint density at radius 3 is 2.92 bits per heavy atom. The van der Waals surface area contributed by atoms with Crippen LogP contribution in [0, 0.1) is 0 Å². The van der Waals surface area contributed by atoms with Gasteiger partial charge in [-0.3, -0.25) is 9.58 Å². The Morgan fingerprint density at radius 1 is 1.32 bits per heavy atom. The first kappa shape index (κ1) is 15.8. The lowest BCUT2D eigenvalue weighted by molar-refractivity contribution is 0.0688. The number of hydrogen-bond acceptors (Lipinski definition) is 4. The fourth-order valence-electron chi connectivity index (χ4n) is 3.58. The van der Waals surface area contributed by atoms with Crippen LogP contribution in [0.3, 0.4) is 0 Å². The van der Waals surface area contributed by atoms with Crippen LogP contribution in [-0.2, 0) is 13.6 Å². The number of rotatable bonds is 4. The zero-order valence-corrected chi connectivity index (χ0v) is 14.2. The number of piperidine rings is 1. The Balaban J connectivity index is 1.50. The molecule has 0 radical (unpaired) electrons. The number of aromatic carboxylic acids is 1. The zero-order chi connectivity index (χ0) is 17.4. The molecule has 1 N–H and O–H groups in total. The molecule has 1 saturated heterocycles. The molecule has 25 heavy (non-hydrogen) atoms. The van der Waals surface area contributed by atoms with Crippen molar-refractivity contribution >= 4 is 17.0 Å². The van der Waals surface area contributed by atoms with Crippen molar-refractivity contribution in [2.24, 2.45) is 7.05 Å². The third-order valence-corrected chi connectivity index (χ3v) is 4.93. The van der Waals surface area contributed by atoms with Gasteiger partial charge in [-0.25, -0.2) is 9.78 Å². The lowest BCUT2D eigenvalue weighted by Crippen LogP contribution is -2.37. The molecular formula is C18H21N5O2. The molecule has 0 bridgehead atoms. The fraction of sp³-hybridized carbons (Fsp3) is 0.389. The minimum absolute atomic E-state index is 0.104. The molecule has 3 heterocycles. The molecule has 3 aromatic rings. The smallest absolute Gasteiger partial charge is 0.356 e. The molecule has 0 aliphatic carbocycles. The van der Waals surface area contributed by atoms with Gasteiger partial charge in [0.05, 0.1) is 23.6 Å². The molecule has 0 spiro atoms. The first-order chi connectivity index (χ1) is 12.1. The maximum atomic E-state index is 11.0. The average Bonchev–Trinajstić information content (AvgIpc) is 3.22. The first-order valence-corrected chi connectivity index (χ1v) is 8.53. The molecule has 0 amide bonds. The highest BCUT2D eigenvalue weighted by atomic mass is 16.4. The summed E-state index contributed by atoms with van der Waals surface area (Å²) in [6.45, 7) is 2.66. The number of para-hydroxylation sites is 2. The number of fused-ring (bicyclic) bond motifs is 1. The van der Waals surface area contributed by atoms with Gasteiger partial charge in [0.1, 0.15) is 5.82 Å². The quantitative estimate of drug-likeness (QED) is 0.789. The van der Waals surface area contributed by atoms with Gasteiger partial charge in [0, 0.05) is 19.8 Å². The van der Waals surface area contributed by atoms with Gasteiger partial charge in [0.2, 0.25) is 0 Å². The van der Waals surface area contributed by atoms with Gasteiger partial charge >= 0.3 is 5.97 Å². The molecule has 130 valence electrons. The number of hydrogen-bond donors (Lipinski definition) is 1. The van der Waals surface area contributed by atoms with E-state index in [1.165, 1.54) is 0 Å². The molecule has 2 aromatic heterocycles. The third kappa shape index (κ3) is 3.02. The molecule has 7 nitrogen and oxygen atoms in total. The van der Waals surface area contributed by atoms with Crippen LogP contribution in [0.4, 0.5) is 0 Å². The number of imidazole rings is 1. The van der Waals surface area contributed by atoms with Crippen molar-refractivity contribution in [3.63, 3.8) is 0 Å². The second-order valence-corrected chi connectivity index (χ2v) is 6.59. The summed E-state index contributed by atoms with van der Waals surface area (Å²) < 4.78 is 3.94. The Labute approximate surface area is 145 Å². The predicted octanol–water partition coefficient (Wildman–Crippen LogP) is 2.31. The topological polar surface area (TPSA) is 76.2 Å². The van der Waals surface area contributed by atoms with E-state index in [0.29, 0.717) is 0 Å². The molecule has 1 atom stereocenters. The molecule has 0 saturated carbocycles. The largest absolute Gasteiger partial charge is 0.476 e. The monoisotopic (exact) mass is 339 g/mol. The van der Waals surface area contributed by atoms with Crippen LogP contribution in [0.1, 0.15) is 35.2 Å². The lowest BCUT2D eigenvalue weighted by atomic mass is 10.1. The van der Waals surface area contributed by atoms with E-state index in [-0.39, 0.29) is 11.7 Å². The molecule has 1 aliphatic rings. The summed E-state index contributed by atoms with van der Waals surface area (Å²) in [5.74, 6) is 0.0691. The standard InChI is InChI=1S/C18H21N5O2/c1-21-16-7-3-2-6-14(16)19-17(21)12-22-9-4-5-13(11-22)23-10-8-15(20-23)18(24)25/h2-3,6-8,10,13H,4-5,9,11-12H2,1H3,(H,24,25). The molecule has 7 heteroatoms. The maximum Gasteiger partial charge on any atom is 0.356 e. The fourth-order valence-corrected chi connectivity index (χ4v) is 3.58. The highest BCUT2D eigenvalue weighted by Gasteiger charge is 2.24. The van der Waals surface area contributed by atoms with Gasteiger partial charge in [-0.1, -0.05) is 12.1 Å². The van der Waals surface area contributed by atoms with Gasteiger partial charge in [-0.15, -0.1) is 0 Å². The number of carbonyl (C=O) groups is 1. The second kappa shape index (κ2) is 6.33. The number of carboxylic acids is 1. The normalized spacial score (nSPS) is 18.7. The van der Waals surface area contributed by atoms with Crippen molar-refractivity contribution in [3.8, 4) is 0 Å². The van der Waals surface area contributed by atoms with Crippen LogP contribution in [0.25, 0.3) is 11.0 Å². The summed E-state index contributed by atoms with van der Waals surface area (Å²) in [4.78, 5) is 18.2. The Hall–Kier alpha value is -2.67. The van der Waals surface area contributed by atoms with Crippen molar-refractivity contribution in [2.75, 3.05) is 13.1 Å². The summed E-state index contributed by atoms with van der Waals surface area (Å²) in [5, 5.41) is 13.2. The summed E-state index contributed by atoms with van der Waals surface area (Å²) in [5.41, 5.74) is 2.27. The number of likely N-dealkylation sites (tertiary alicyclic amines) is 1. The van der Waals surface area contributed by atoms with Crippen LogP contribution >= 0.6 is 0 Å². The molecule has 1 aromatic carbocycles. The van der Waals surface area contributed by atoms with Gasteiger partial charge in [0.25, 0.3) is 0 Å². The van der Waals surface area contributed by atoms with E-state index in [9.17, 15) is 4.79 Å². The van der Waals surface area contributed by atoms with E-state index in [1.54, 1.807) is 16.9 Å². The van der Waals surface area contributed by atoms with Crippen LogP contribution in [0.15, 0.2) is 36.5 Å². The SMILES string of the molecule is Cn1c(CN2CCCC(n3ccc(C(=O)O)n3)C2)nc2ccccc21. The molecule has 1 aliphatic heterocycles. The minimum atomic E-state index is -0.980. The van der Waals surface area contributed by atoms with Crippen LogP contribution in [0.2, 0.25) is 0 Å². The number of carboxylic acid groups (broad SMARTS) is 1. The highest BCUT2D eigenvalue weighted by molar-refractivity contribution is 5.85. The van der Waals surface area contributed by atoms with E-state index in [2.05, 4.69) is 27.7 Å². The summed E-state index contributed by atoms with van der Waals surface area (Å²) in [7, 11) is 2.05. The second-order valence-electron chi connectivity index (χ2n) is 6.59. The first-order valence-electron chi connectivity index (χ1n) is 8.53. The van der Waals surface area contributed by atoms with Crippen LogP contribution in [-0.4, -0.2) is 48.4 Å². The summed E-state index contributed by atoms with van der Waals surface area (Å²) in [6.07, 6.45) is 3.85. The van der Waals surface area contributed by atoms with Crippen LogP contribution < -0.4 is 0 Å². The summed E-state index contributed by atoms with van der Waals surface area (Å²) >= 11 is 0. The van der Waals surface area contributed by atoms with E-state index >= 15 is 0 Å².